The Morgan fingerprint density at radius 1 is 1.19 bits per heavy atom. The Hall–Kier alpha value is -3.98. The number of nitrogens with zero attached hydrogens (tertiary/aromatic N) is 4. The zero-order valence-corrected chi connectivity index (χ0v) is 19.9. The van der Waals surface area contributed by atoms with E-state index in [0.29, 0.717) is 29.3 Å². The number of hydrogen-bond donors (Lipinski definition) is 3. The summed E-state index contributed by atoms with van der Waals surface area (Å²) in [5.41, 5.74) is 5.31. The van der Waals surface area contributed by atoms with E-state index in [-0.39, 0.29) is 23.7 Å². The molecule has 8 nitrogen and oxygen atoms in total. The van der Waals surface area contributed by atoms with Crippen LogP contribution >= 0.6 is 0 Å². The van der Waals surface area contributed by atoms with E-state index >= 15 is 0 Å². The third kappa shape index (κ3) is 3.95. The molecule has 0 bridgehead atoms. The van der Waals surface area contributed by atoms with Crippen molar-refractivity contribution in [3.05, 3.63) is 71.9 Å². The Balaban J connectivity index is 1.28. The number of carbonyl (C=O) groups is 1. The summed E-state index contributed by atoms with van der Waals surface area (Å²) in [5.74, 6) is 0.414. The van der Waals surface area contributed by atoms with Crippen molar-refractivity contribution in [3.8, 4) is 11.3 Å². The number of carbonyl (C=O) groups excluding carboxylic acids is 1. The molecule has 0 unspecified atom stereocenters. The molecule has 9 heteroatoms. The molecule has 1 fully saturated rings. The zero-order valence-electron chi connectivity index (χ0n) is 19.9. The molecule has 2 aliphatic rings. The number of fused-ring (bicyclic) bond motifs is 2. The average Bonchev–Trinajstić information content (AvgIpc) is 3.48. The fourth-order valence-electron chi connectivity index (χ4n) is 5.27. The van der Waals surface area contributed by atoms with E-state index in [1.165, 1.54) is 12.1 Å². The number of anilines is 3. The Morgan fingerprint density at radius 2 is 2.08 bits per heavy atom. The van der Waals surface area contributed by atoms with Crippen molar-refractivity contribution < 1.29 is 14.3 Å². The van der Waals surface area contributed by atoms with Crippen LogP contribution in [0.1, 0.15) is 35.7 Å². The molecule has 1 aromatic carbocycles. The Kier molecular flexibility index (Phi) is 5.56. The van der Waals surface area contributed by atoms with Crippen molar-refractivity contribution in [1.29, 1.82) is 0 Å². The van der Waals surface area contributed by atoms with E-state index in [4.69, 9.17) is 0 Å². The van der Waals surface area contributed by atoms with Gasteiger partial charge in [-0.25, -0.2) is 14.4 Å². The first-order valence-corrected chi connectivity index (χ1v) is 12.2. The summed E-state index contributed by atoms with van der Waals surface area (Å²) in [4.78, 5) is 24.0. The van der Waals surface area contributed by atoms with Crippen LogP contribution in [0.4, 0.5) is 21.6 Å². The predicted molar refractivity (Wildman–Crippen MR) is 136 cm³/mol. The first-order valence-electron chi connectivity index (χ1n) is 12.2. The van der Waals surface area contributed by atoms with Crippen molar-refractivity contribution in [2.24, 2.45) is 5.92 Å². The third-order valence-electron chi connectivity index (χ3n) is 7.23. The van der Waals surface area contributed by atoms with Crippen LogP contribution in [-0.2, 0) is 6.54 Å². The van der Waals surface area contributed by atoms with E-state index in [0.717, 1.165) is 48.4 Å². The maximum atomic E-state index is 13.6. The number of pyridine rings is 2. The number of aliphatic hydroxyl groups is 1. The summed E-state index contributed by atoms with van der Waals surface area (Å²) < 4.78 is 15.4. The van der Waals surface area contributed by atoms with Crippen molar-refractivity contribution in [3.63, 3.8) is 0 Å². The van der Waals surface area contributed by atoms with Gasteiger partial charge in [0.15, 0.2) is 0 Å². The van der Waals surface area contributed by atoms with Gasteiger partial charge in [-0.1, -0.05) is 6.07 Å². The predicted octanol–water partition coefficient (Wildman–Crippen LogP) is 4.12. The molecular formula is C27H27FN6O2. The van der Waals surface area contributed by atoms with Gasteiger partial charge in [0.25, 0.3) is 5.91 Å². The summed E-state index contributed by atoms with van der Waals surface area (Å²) in [5, 5.41) is 16.2. The number of aliphatic hydroxyl groups excluding tert-OH is 1. The Morgan fingerprint density at radius 3 is 2.89 bits per heavy atom. The van der Waals surface area contributed by atoms with Gasteiger partial charge in [0.2, 0.25) is 0 Å². The largest absolute Gasteiger partial charge is 0.393 e. The second kappa shape index (κ2) is 8.91. The van der Waals surface area contributed by atoms with Gasteiger partial charge < -0.3 is 20.6 Å². The third-order valence-corrected chi connectivity index (χ3v) is 7.23. The van der Waals surface area contributed by atoms with Crippen molar-refractivity contribution in [1.82, 2.24) is 19.7 Å². The van der Waals surface area contributed by atoms with E-state index in [9.17, 15) is 14.3 Å². The lowest BCUT2D eigenvalue weighted by molar-refractivity contribution is 0.0966. The van der Waals surface area contributed by atoms with Gasteiger partial charge in [-0.05, 0) is 49.6 Å². The summed E-state index contributed by atoms with van der Waals surface area (Å²) >= 11 is 0. The van der Waals surface area contributed by atoms with Crippen LogP contribution in [0.15, 0.2) is 55.0 Å². The molecule has 1 amide bonds. The van der Waals surface area contributed by atoms with E-state index in [1.807, 2.05) is 41.8 Å². The van der Waals surface area contributed by atoms with Crippen LogP contribution in [0.3, 0.4) is 0 Å². The SMILES string of the molecule is C[C@@H](O)[C@@H]1CCCN(c2ccc(Nc3ccc(-c4cnc5cc(F)ccn45)c4c3C(=O)NC4)nc2)C1. The number of benzene rings is 1. The number of aromatic nitrogens is 3. The quantitative estimate of drug-likeness (QED) is 0.393. The van der Waals surface area contributed by atoms with E-state index in [1.54, 1.807) is 12.4 Å². The number of nitrogens with one attached hydrogen (secondary N) is 2. The molecule has 0 spiro atoms. The topological polar surface area (TPSA) is 94.8 Å². The van der Waals surface area contributed by atoms with Crippen LogP contribution in [0.2, 0.25) is 0 Å². The zero-order chi connectivity index (χ0) is 24.8. The van der Waals surface area contributed by atoms with Crippen molar-refractivity contribution in [2.75, 3.05) is 23.3 Å². The summed E-state index contributed by atoms with van der Waals surface area (Å²) in [6, 6.07) is 10.5. The highest BCUT2D eigenvalue weighted by molar-refractivity contribution is 6.06. The second-order valence-corrected chi connectivity index (χ2v) is 9.53. The molecule has 6 rings (SSSR count). The monoisotopic (exact) mass is 486 g/mol. The van der Waals surface area contributed by atoms with Crippen LogP contribution in [0.25, 0.3) is 16.9 Å². The Bertz CT molecular complexity index is 1450. The molecular weight excluding hydrogens is 459 g/mol. The van der Waals surface area contributed by atoms with Gasteiger partial charge in [-0.15, -0.1) is 0 Å². The fraction of sp³-hybridized carbons (Fsp3) is 0.296. The molecule has 3 aromatic heterocycles. The number of piperidine rings is 1. The van der Waals surface area contributed by atoms with E-state index < -0.39 is 0 Å². The fourth-order valence-corrected chi connectivity index (χ4v) is 5.27. The number of hydrogen-bond acceptors (Lipinski definition) is 6. The molecule has 184 valence electrons. The molecule has 0 saturated carbocycles. The van der Waals surface area contributed by atoms with Gasteiger partial charge in [0, 0.05) is 43.4 Å². The molecule has 2 aliphatic heterocycles. The second-order valence-electron chi connectivity index (χ2n) is 9.53. The molecule has 4 aromatic rings. The molecule has 0 aliphatic carbocycles. The first kappa shape index (κ1) is 22.5. The highest BCUT2D eigenvalue weighted by Crippen LogP contribution is 2.35. The molecule has 0 radical (unpaired) electrons. The van der Waals surface area contributed by atoms with E-state index in [2.05, 4.69) is 25.5 Å². The number of imidazole rings is 1. The molecule has 5 heterocycles. The van der Waals surface area contributed by atoms with Crippen molar-refractivity contribution in [2.45, 2.75) is 32.4 Å². The van der Waals surface area contributed by atoms with Crippen molar-refractivity contribution >= 4 is 28.7 Å². The van der Waals surface area contributed by atoms with Crippen LogP contribution in [0, 0.1) is 11.7 Å². The molecule has 1 saturated heterocycles. The summed E-state index contributed by atoms with van der Waals surface area (Å²) in [6.07, 6.45) is 6.94. The summed E-state index contributed by atoms with van der Waals surface area (Å²) in [7, 11) is 0. The lowest BCUT2D eigenvalue weighted by Crippen LogP contribution is -2.39. The van der Waals surface area contributed by atoms with Gasteiger partial charge in [-0.2, -0.15) is 0 Å². The van der Waals surface area contributed by atoms with Crippen LogP contribution in [-0.4, -0.2) is 44.6 Å². The standard InChI is InChI=1S/C27H27FN6O2/c1-16(35)17-3-2-9-33(15-17)19-4-7-24(29-12-19)32-22-6-5-20(21-13-31-27(36)26(21)22)23-14-30-25-11-18(28)8-10-34(23)25/h4-8,10-12,14,16-17,35H,2-3,9,13,15H2,1H3,(H,29,32)(H,31,36)/t16-,17-/m1/s1. The van der Waals surface area contributed by atoms with Gasteiger partial charge >= 0.3 is 0 Å². The molecule has 2 atom stereocenters. The maximum absolute atomic E-state index is 13.6. The Labute approximate surface area is 207 Å². The molecule has 36 heavy (non-hydrogen) atoms. The lowest BCUT2D eigenvalue weighted by atomic mass is 9.93. The van der Waals surface area contributed by atoms with Gasteiger partial charge in [0.1, 0.15) is 17.3 Å². The highest BCUT2D eigenvalue weighted by atomic mass is 19.1. The van der Waals surface area contributed by atoms with Gasteiger partial charge in [-0.3, -0.25) is 9.20 Å². The molecule has 3 N–H and O–H groups in total. The normalized spacial score (nSPS) is 18.2. The highest BCUT2D eigenvalue weighted by Gasteiger charge is 2.28. The number of rotatable bonds is 5. The minimum Gasteiger partial charge on any atom is -0.393 e. The maximum Gasteiger partial charge on any atom is 0.254 e. The lowest BCUT2D eigenvalue weighted by Gasteiger charge is -2.35. The smallest absolute Gasteiger partial charge is 0.254 e. The minimum absolute atomic E-state index is 0.150. The van der Waals surface area contributed by atoms with Gasteiger partial charge in [0.05, 0.1) is 41.1 Å². The number of halogens is 1. The number of amides is 1. The van der Waals surface area contributed by atoms with Crippen LogP contribution in [0.5, 0.6) is 0 Å². The van der Waals surface area contributed by atoms with Crippen LogP contribution < -0.4 is 15.5 Å². The summed E-state index contributed by atoms with van der Waals surface area (Å²) in [6.45, 7) is 4.02. The minimum atomic E-state index is -0.345. The average molecular weight is 487 g/mol. The first-order chi connectivity index (χ1) is 17.5.